The van der Waals surface area contributed by atoms with Crippen molar-refractivity contribution in [3.63, 3.8) is 0 Å². The summed E-state index contributed by atoms with van der Waals surface area (Å²) < 4.78 is 0. The van der Waals surface area contributed by atoms with Crippen LogP contribution in [0.3, 0.4) is 0 Å². The maximum atomic E-state index is 5.86. The Morgan fingerprint density at radius 2 is 2.31 bits per heavy atom. The number of anilines is 3. The van der Waals surface area contributed by atoms with Crippen LogP contribution in [0.25, 0.3) is 0 Å². The van der Waals surface area contributed by atoms with Crippen LogP contribution in [0.15, 0.2) is 18.2 Å². The van der Waals surface area contributed by atoms with Crippen molar-refractivity contribution in [3.8, 4) is 0 Å². The number of nitrogens with one attached hydrogen (secondary N) is 1. The Bertz CT molecular complexity index is 322. The molecule has 0 amide bonds. The lowest BCUT2D eigenvalue weighted by Crippen LogP contribution is -2.39. The Hall–Kier alpha value is -1.38. The standard InChI is InChI=1S/C10H15N3/c1-7-6-12-10-8(11)4-3-5-9(10)13(7)2/h3-5,7,12H,6,11H2,1-2H3. The average Bonchev–Trinajstić information content (AvgIpc) is 2.12. The molecule has 0 saturated carbocycles. The summed E-state index contributed by atoms with van der Waals surface area (Å²) in [6.45, 7) is 3.15. The molecule has 1 aromatic rings. The summed E-state index contributed by atoms with van der Waals surface area (Å²) in [6.07, 6.45) is 0. The number of rotatable bonds is 0. The molecule has 3 N–H and O–H groups in total. The van der Waals surface area contributed by atoms with E-state index in [1.54, 1.807) is 0 Å². The zero-order chi connectivity index (χ0) is 9.42. The van der Waals surface area contributed by atoms with Crippen molar-refractivity contribution < 1.29 is 0 Å². The van der Waals surface area contributed by atoms with Gasteiger partial charge in [-0.1, -0.05) is 6.07 Å². The van der Waals surface area contributed by atoms with Crippen molar-refractivity contribution >= 4 is 17.1 Å². The van der Waals surface area contributed by atoms with Crippen molar-refractivity contribution in [3.05, 3.63) is 18.2 Å². The molecule has 0 spiro atoms. The van der Waals surface area contributed by atoms with Gasteiger partial charge >= 0.3 is 0 Å². The van der Waals surface area contributed by atoms with Gasteiger partial charge in [-0.25, -0.2) is 0 Å². The van der Waals surface area contributed by atoms with E-state index in [0.717, 1.165) is 17.9 Å². The van der Waals surface area contributed by atoms with E-state index in [-0.39, 0.29) is 0 Å². The van der Waals surface area contributed by atoms with E-state index in [0.29, 0.717) is 6.04 Å². The molecule has 0 radical (unpaired) electrons. The number of para-hydroxylation sites is 1. The SMILES string of the molecule is CC1CNc2c(N)cccc2N1C. The Morgan fingerprint density at radius 3 is 3.08 bits per heavy atom. The number of fused-ring (bicyclic) bond motifs is 1. The number of likely N-dealkylation sites (N-methyl/N-ethyl adjacent to an activating group) is 1. The second kappa shape index (κ2) is 2.83. The van der Waals surface area contributed by atoms with Crippen molar-refractivity contribution in [2.45, 2.75) is 13.0 Å². The van der Waals surface area contributed by atoms with E-state index in [1.165, 1.54) is 5.69 Å². The molecule has 1 aliphatic rings. The van der Waals surface area contributed by atoms with Gasteiger partial charge in [-0.05, 0) is 19.1 Å². The van der Waals surface area contributed by atoms with Gasteiger partial charge in [0.25, 0.3) is 0 Å². The highest BCUT2D eigenvalue weighted by Gasteiger charge is 2.20. The van der Waals surface area contributed by atoms with Crippen LogP contribution in [0, 0.1) is 0 Å². The molecule has 1 unspecified atom stereocenters. The third-order valence-electron chi connectivity index (χ3n) is 2.69. The molecule has 3 nitrogen and oxygen atoms in total. The van der Waals surface area contributed by atoms with Crippen molar-refractivity contribution in [1.29, 1.82) is 0 Å². The highest BCUT2D eigenvalue weighted by atomic mass is 15.2. The smallest absolute Gasteiger partial charge is 0.0812 e. The van der Waals surface area contributed by atoms with E-state index < -0.39 is 0 Å². The Balaban J connectivity index is 2.49. The molecule has 0 aliphatic carbocycles. The molecular formula is C10H15N3. The first-order valence-corrected chi connectivity index (χ1v) is 4.55. The fraction of sp³-hybridized carbons (Fsp3) is 0.400. The summed E-state index contributed by atoms with van der Waals surface area (Å²) >= 11 is 0. The lowest BCUT2D eigenvalue weighted by molar-refractivity contribution is 0.700. The van der Waals surface area contributed by atoms with Crippen LogP contribution in [0.5, 0.6) is 0 Å². The van der Waals surface area contributed by atoms with E-state index >= 15 is 0 Å². The van der Waals surface area contributed by atoms with E-state index in [9.17, 15) is 0 Å². The third kappa shape index (κ3) is 1.20. The Morgan fingerprint density at radius 1 is 1.54 bits per heavy atom. The van der Waals surface area contributed by atoms with E-state index in [2.05, 4.69) is 30.3 Å². The number of hydrogen-bond acceptors (Lipinski definition) is 3. The van der Waals surface area contributed by atoms with E-state index in [4.69, 9.17) is 5.73 Å². The minimum atomic E-state index is 0.522. The quantitative estimate of drug-likeness (QED) is 0.590. The summed E-state index contributed by atoms with van der Waals surface area (Å²) in [5.74, 6) is 0. The molecule has 0 fully saturated rings. The number of nitrogens with two attached hydrogens (primary N) is 1. The summed E-state index contributed by atoms with van der Waals surface area (Å²) in [5, 5.41) is 3.34. The first-order valence-electron chi connectivity index (χ1n) is 4.55. The second-order valence-electron chi connectivity index (χ2n) is 3.58. The van der Waals surface area contributed by atoms with Crippen LogP contribution < -0.4 is 16.0 Å². The molecule has 1 aromatic carbocycles. The molecule has 13 heavy (non-hydrogen) atoms. The summed E-state index contributed by atoms with van der Waals surface area (Å²) in [4.78, 5) is 2.25. The lowest BCUT2D eigenvalue weighted by Gasteiger charge is -2.35. The second-order valence-corrected chi connectivity index (χ2v) is 3.58. The van der Waals surface area contributed by atoms with Crippen LogP contribution in [-0.4, -0.2) is 19.6 Å². The molecule has 2 rings (SSSR count). The summed E-state index contributed by atoms with van der Waals surface area (Å²) in [5.41, 5.74) is 8.96. The minimum absolute atomic E-state index is 0.522. The van der Waals surface area contributed by atoms with Gasteiger partial charge in [0.15, 0.2) is 0 Å². The van der Waals surface area contributed by atoms with Gasteiger partial charge < -0.3 is 16.0 Å². The molecule has 1 atom stereocenters. The van der Waals surface area contributed by atoms with Gasteiger partial charge in [-0.3, -0.25) is 0 Å². The number of nitrogen functional groups attached to an aromatic ring is 1. The zero-order valence-corrected chi connectivity index (χ0v) is 8.04. The molecule has 70 valence electrons. The largest absolute Gasteiger partial charge is 0.397 e. The van der Waals surface area contributed by atoms with Crippen LogP contribution in [-0.2, 0) is 0 Å². The first kappa shape index (κ1) is 8.23. The molecule has 1 aliphatic heterocycles. The van der Waals surface area contributed by atoms with Crippen LogP contribution in [0.2, 0.25) is 0 Å². The topological polar surface area (TPSA) is 41.3 Å². The Labute approximate surface area is 78.5 Å². The van der Waals surface area contributed by atoms with Gasteiger partial charge in [-0.2, -0.15) is 0 Å². The first-order chi connectivity index (χ1) is 6.20. The molecule has 1 heterocycles. The fourth-order valence-corrected chi connectivity index (χ4v) is 1.67. The molecular weight excluding hydrogens is 162 g/mol. The average molecular weight is 177 g/mol. The van der Waals surface area contributed by atoms with Gasteiger partial charge in [0, 0.05) is 19.6 Å². The van der Waals surface area contributed by atoms with Crippen LogP contribution in [0.4, 0.5) is 17.1 Å². The predicted octanol–water partition coefficient (Wildman–Crippen LogP) is 1.52. The number of nitrogens with zero attached hydrogens (tertiary/aromatic N) is 1. The normalized spacial score (nSPS) is 20.8. The summed E-state index contributed by atoms with van der Waals surface area (Å²) in [7, 11) is 2.10. The fourth-order valence-electron chi connectivity index (χ4n) is 1.67. The highest BCUT2D eigenvalue weighted by molar-refractivity contribution is 5.83. The maximum absolute atomic E-state index is 5.86. The lowest BCUT2D eigenvalue weighted by atomic mass is 10.1. The third-order valence-corrected chi connectivity index (χ3v) is 2.69. The van der Waals surface area contributed by atoms with Gasteiger partial charge in [0.05, 0.1) is 17.1 Å². The zero-order valence-electron chi connectivity index (χ0n) is 8.04. The molecule has 0 aromatic heterocycles. The maximum Gasteiger partial charge on any atom is 0.0812 e. The monoisotopic (exact) mass is 177 g/mol. The molecule has 0 saturated heterocycles. The Kier molecular flexibility index (Phi) is 1.79. The van der Waals surface area contributed by atoms with Crippen molar-refractivity contribution in [2.75, 3.05) is 29.5 Å². The minimum Gasteiger partial charge on any atom is -0.397 e. The van der Waals surface area contributed by atoms with Crippen molar-refractivity contribution in [2.24, 2.45) is 0 Å². The molecule has 3 heteroatoms. The van der Waals surface area contributed by atoms with E-state index in [1.807, 2.05) is 12.1 Å². The number of hydrogen-bond donors (Lipinski definition) is 2. The summed E-state index contributed by atoms with van der Waals surface area (Å²) in [6, 6.07) is 6.53. The van der Waals surface area contributed by atoms with Gasteiger partial charge in [-0.15, -0.1) is 0 Å². The van der Waals surface area contributed by atoms with Gasteiger partial charge in [0.1, 0.15) is 0 Å². The van der Waals surface area contributed by atoms with Crippen LogP contribution in [0.1, 0.15) is 6.92 Å². The highest BCUT2D eigenvalue weighted by Crippen LogP contribution is 2.34. The predicted molar refractivity (Wildman–Crippen MR) is 57.2 cm³/mol. The van der Waals surface area contributed by atoms with Crippen molar-refractivity contribution in [1.82, 2.24) is 0 Å². The number of benzene rings is 1. The molecule has 0 bridgehead atoms. The van der Waals surface area contributed by atoms with Gasteiger partial charge in [0.2, 0.25) is 0 Å². The van der Waals surface area contributed by atoms with Crippen LogP contribution >= 0.6 is 0 Å².